The highest BCUT2D eigenvalue weighted by Gasteiger charge is 2.19. The van der Waals surface area contributed by atoms with Gasteiger partial charge in [0.15, 0.2) is 0 Å². The Hall–Kier alpha value is -0.870. The van der Waals surface area contributed by atoms with Crippen LogP contribution in [0.15, 0.2) is 12.8 Å². The third-order valence-corrected chi connectivity index (χ3v) is 1.03. The highest BCUT2D eigenvalue weighted by Crippen LogP contribution is 1.98. The molecule has 0 aromatic carbocycles. The molecule has 0 aromatic heterocycles. The first-order valence-corrected chi connectivity index (χ1v) is 3.80. The van der Waals surface area contributed by atoms with Crippen molar-refractivity contribution in [1.29, 1.82) is 0 Å². The Kier molecular flexibility index (Phi) is 6.32. The summed E-state index contributed by atoms with van der Waals surface area (Å²) in [5, 5.41) is 0. The summed E-state index contributed by atoms with van der Waals surface area (Å²) in [5.74, 6) is -0.575. The lowest BCUT2D eigenvalue weighted by Gasteiger charge is -2.13. The normalized spacial score (nSPS) is 9.92. The van der Waals surface area contributed by atoms with Crippen LogP contribution in [-0.4, -0.2) is 25.5 Å². The third-order valence-electron chi connectivity index (χ3n) is 1.03. The van der Waals surface area contributed by atoms with Gasteiger partial charge in [0, 0.05) is 13.2 Å². The van der Waals surface area contributed by atoms with Crippen LogP contribution in [0.25, 0.3) is 0 Å². The van der Waals surface area contributed by atoms with Crippen molar-refractivity contribution >= 4 is 5.97 Å². The number of ether oxygens (including phenoxy) is 3. The summed E-state index contributed by atoms with van der Waals surface area (Å²) in [7, 11) is 0. The number of carbonyl (C=O) groups excluding carboxylic acids is 1. The lowest BCUT2D eigenvalue weighted by atomic mass is 10.6. The van der Waals surface area contributed by atoms with Crippen LogP contribution in [-0.2, 0) is 19.0 Å². The number of rotatable bonds is 6. The van der Waals surface area contributed by atoms with E-state index in [1.165, 1.54) is 0 Å². The standard InChI is InChI=1S/C8H14O4/c1-4-10-7(9)8(11-5-2)12-6-3/h4,8H,1,5-6H2,2-3H3. The van der Waals surface area contributed by atoms with E-state index in [0.717, 1.165) is 6.26 Å². The largest absolute Gasteiger partial charge is 0.431 e. The lowest BCUT2D eigenvalue weighted by molar-refractivity contribution is -0.187. The van der Waals surface area contributed by atoms with E-state index in [2.05, 4.69) is 11.3 Å². The first kappa shape index (κ1) is 11.1. The molecule has 0 amide bonds. The molecule has 0 atom stereocenters. The van der Waals surface area contributed by atoms with Crippen LogP contribution in [0.1, 0.15) is 13.8 Å². The average molecular weight is 174 g/mol. The Labute approximate surface area is 72.1 Å². The predicted octanol–water partition coefficient (Wildman–Crippen LogP) is 1.07. The van der Waals surface area contributed by atoms with Crippen molar-refractivity contribution in [2.75, 3.05) is 13.2 Å². The van der Waals surface area contributed by atoms with Gasteiger partial charge in [-0.3, -0.25) is 0 Å². The number of hydrogen-bond donors (Lipinski definition) is 0. The van der Waals surface area contributed by atoms with Gasteiger partial charge in [-0.05, 0) is 13.8 Å². The lowest BCUT2D eigenvalue weighted by Crippen LogP contribution is -2.28. The fourth-order valence-corrected chi connectivity index (χ4v) is 0.625. The Morgan fingerprint density at radius 2 is 1.92 bits per heavy atom. The molecular weight excluding hydrogens is 160 g/mol. The first-order chi connectivity index (χ1) is 5.76. The third kappa shape index (κ3) is 4.10. The van der Waals surface area contributed by atoms with Gasteiger partial charge in [-0.25, -0.2) is 4.79 Å². The molecule has 0 aliphatic rings. The molecule has 0 spiro atoms. The van der Waals surface area contributed by atoms with Crippen molar-refractivity contribution in [3.05, 3.63) is 12.8 Å². The van der Waals surface area contributed by atoms with Crippen LogP contribution in [0.4, 0.5) is 0 Å². The van der Waals surface area contributed by atoms with E-state index in [1.807, 2.05) is 0 Å². The van der Waals surface area contributed by atoms with Gasteiger partial charge in [0.25, 0.3) is 6.29 Å². The predicted molar refractivity (Wildman–Crippen MR) is 43.3 cm³/mol. The van der Waals surface area contributed by atoms with Crippen LogP contribution >= 0.6 is 0 Å². The summed E-state index contributed by atoms with van der Waals surface area (Å²) in [6.07, 6.45) is 0.117. The van der Waals surface area contributed by atoms with Crippen LogP contribution in [0, 0.1) is 0 Å². The molecule has 70 valence electrons. The molecule has 0 aliphatic carbocycles. The molecule has 4 heteroatoms. The summed E-state index contributed by atoms with van der Waals surface area (Å²) < 4.78 is 14.4. The molecule has 0 saturated carbocycles. The molecule has 4 nitrogen and oxygen atoms in total. The summed E-state index contributed by atoms with van der Waals surface area (Å²) in [4.78, 5) is 11.0. The zero-order valence-electron chi connectivity index (χ0n) is 7.41. The Balaban J connectivity index is 3.89. The summed E-state index contributed by atoms with van der Waals surface area (Å²) >= 11 is 0. The highest BCUT2D eigenvalue weighted by atomic mass is 16.7. The van der Waals surface area contributed by atoms with Crippen molar-refractivity contribution in [3.63, 3.8) is 0 Å². The van der Waals surface area contributed by atoms with Crippen molar-refractivity contribution in [2.45, 2.75) is 20.1 Å². The maximum atomic E-state index is 11.0. The molecule has 0 N–H and O–H groups in total. The molecule has 0 bridgehead atoms. The molecule has 0 radical (unpaired) electrons. The Morgan fingerprint density at radius 1 is 1.42 bits per heavy atom. The van der Waals surface area contributed by atoms with Crippen molar-refractivity contribution in [3.8, 4) is 0 Å². The Morgan fingerprint density at radius 3 is 2.25 bits per heavy atom. The van der Waals surface area contributed by atoms with Gasteiger partial charge in [-0.1, -0.05) is 6.58 Å². The molecule has 0 aromatic rings. The van der Waals surface area contributed by atoms with Crippen molar-refractivity contribution in [1.82, 2.24) is 0 Å². The second-order valence-electron chi connectivity index (χ2n) is 1.85. The minimum Gasteiger partial charge on any atom is -0.431 e. The molecule has 0 rings (SSSR count). The van der Waals surface area contributed by atoms with E-state index in [4.69, 9.17) is 9.47 Å². The minimum absolute atomic E-state index is 0.400. The van der Waals surface area contributed by atoms with Gasteiger partial charge in [-0.2, -0.15) is 0 Å². The van der Waals surface area contributed by atoms with Gasteiger partial charge in [0.05, 0.1) is 6.26 Å². The van der Waals surface area contributed by atoms with Gasteiger partial charge >= 0.3 is 5.97 Å². The van der Waals surface area contributed by atoms with E-state index in [0.29, 0.717) is 13.2 Å². The van der Waals surface area contributed by atoms with E-state index in [-0.39, 0.29) is 0 Å². The molecule has 0 saturated heterocycles. The fourth-order valence-electron chi connectivity index (χ4n) is 0.625. The van der Waals surface area contributed by atoms with E-state index < -0.39 is 12.3 Å². The van der Waals surface area contributed by atoms with Crippen LogP contribution in [0.2, 0.25) is 0 Å². The smallest absolute Gasteiger partial charge is 0.368 e. The maximum absolute atomic E-state index is 11.0. The number of carbonyl (C=O) groups is 1. The zero-order chi connectivity index (χ0) is 9.40. The molecule has 0 heterocycles. The second kappa shape index (κ2) is 6.82. The van der Waals surface area contributed by atoms with Gasteiger partial charge in [0.2, 0.25) is 0 Å². The molecule has 0 aliphatic heterocycles. The topological polar surface area (TPSA) is 44.8 Å². The summed E-state index contributed by atoms with van der Waals surface area (Å²) in [6, 6.07) is 0. The number of hydrogen-bond acceptors (Lipinski definition) is 4. The molecule has 12 heavy (non-hydrogen) atoms. The summed E-state index contributed by atoms with van der Waals surface area (Å²) in [6.45, 7) is 7.59. The van der Waals surface area contributed by atoms with E-state index in [1.54, 1.807) is 13.8 Å². The van der Waals surface area contributed by atoms with Gasteiger partial charge in [0.1, 0.15) is 0 Å². The quantitative estimate of drug-likeness (QED) is 0.343. The van der Waals surface area contributed by atoms with Crippen LogP contribution < -0.4 is 0 Å². The SMILES string of the molecule is C=COC(=O)C(OCC)OCC. The monoisotopic (exact) mass is 174 g/mol. The van der Waals surface area contributed by atoms with Crippen LogP contribution in [0.3, 0.4) is 0 Å². The second-order valence-corrected chi connectivity index (χ2v) is 1.85. The maximum Gasteiger partial charge on any atom is 0.368 e. The van der Waals surface area contributed by atoms with Gasteiger partial charge < -0.3 is 14.2 Å². The van der Waals surface area contributed by atoms with E-state index in [9.17, 15) is 4.79 Å². The molecular formula is C8H14O4. The van der Waals surface area contributed by atoms with Crippen molar-refractivity contribution < 1.29 is 19.0 Å². The minimum atomic E-state index is -0.932. The highest BCUT2D eigenvalue weighted by molar-refractivity contribution is 5.73. The fraction of sp³-hybridized carbons (Fsp3) is 0.625. The Bertz CT molecular complexity index is 138. The molecule has 0 fully saturated rings. The van der Waals surface area contributed by atoms with Gasteiger partial charge in [-0.15, -0.1) is 0 Å². The molecule has 0 unspecified atom stereocenters. The first-order valence-electron chi connectivity index (χ1n) is 3.80. The van der Waals surface area contributed by atoms with Crippen LogP contribution in [0.5, 0.6) is 0 Å². The number of esters is 1. The summed E-state index contributed by atoms with van der Waals surface area (Å²) in [5.41, 5.74) is 0. The van der Waals surface area contributed by atoms with E-state index >= 15 is 0 Å². The average Bonchev–Trinajstić information content (AvgIpc) is 2.04. The van der Waals surface area contributed by atoms with Crippen molar-refractivity contribution in [2.24, 2.45) is 0 Å². The zero-order valence-corrected chi connectivity index (χ0v) is 7.41.